The van der Waals surface area contributed by atoms with E-state index in [1.165, 1.54) is 11.3 Å². The molecule has 1 fully saturated rings. The van der Waals surface area contributed by atoms with Crippen LogP contribution in [0.4, 0.5) is 0 Å². The Morgan fingerprint density at radius 2 is 2.14 bits per heavy atom. The van der Waals surface area contributed by atoms with Crippen molar-refractivity contribution in [2.24, 2.45) is 5.10 Å². The van der Waals surface area contributed by atoms with Crippen molar-refractivity contribution < 1.29 is 4.79 Å². The van der Waals surface area contributed by atoms with Crippen LogP contribution >= 0.6 is 38.9 Å². The smallest absolute Gasteiger partial charge is 0.267 e. The fourth-order valence-electron chi connectivity index (χ4n) is 3.11. The average molecular weight is 477 g/mol. The van der Waals surface area contributed by atoms with E-state index in [1.807, 2.05) is 36.4 Å². The third-order valence-corrected chi connectivity index (χ3v) is 6.44. The molecular formula is C21H19BrClN3OS. The summed E-state index contributed by atoms with van der Waals surface area (Å²) in [6.45, 7) is 2.09. The molecule has 0 radical (unpaired) electrons. The molecule has 1 aliphatic carbocycles. The number of pyridine rings is 1. The summed E-state index contributed by atoms with van der Waals surface area (Å²) < 4.78 is 1.63. The molecule has 1 aliphatic rings. The van der Waals surface area contributed by atoms with E-state index in [-0.39, 0.29) is 5.91 Å². The molecule has 0 spiro atoms. The molecule has 4 rings (SSSR count). The van der Waals surface area contributed by atoms with Crippen molar-refractivity contribution in [1.82, 2.24) is 10.4 Å². The Balaban J connectivity index is 1.68. The van der Waals surface area contributed by atoms with E-state index < -0.39 is 0 Å². The lowest BCUT2D eigenvalue weighted by molar-refractivity contribution is 0.0956. The van der Waals surface area contributed by atoms with Crippen LogP contribution in [0, 0.1) is 0 Å². The Bertz CT molecular complexity index is 1070. The standard InChI is InChI=1S/C21H19BrClN3OS/c1-2-3-17(19-8-9-20(23)28-19)25-26-21(27)15-11-18(12-4-5-12)24-16-7-6-13(22)10-14(15)16/h6-12H,2-5H2,1H3,(H,26,27)/b25-17-. The van der Waals surface area contributed by atoms with E-state index in [0.29, 0.717) is 15.8 Å². The van der Waals surface area contributed by atoms with Gasteiger partial charge in [0.25, 0.3) is 5.91 Å². The average Bonchev–Trinajstić information content (AvgIpc) is 3.45. The van der Waals surface area contributed by atoms with Crippen molar-refractivity contribution >= 4 is 61.4 Å². The number of fused-ring (bicyclic) bond motifs is 1. The molecule has 7 heteroatoms. The SMILES string of the molecule is CCC/C(=N/NC(=O)c1cc(C2CC2)nc2ccc(Br)cc12)c1ccc(Cl)s1. The van der Waals surface area contributed by atoms with E-state index >= 15 is 0 Å². The van der Waals surface area contributed by atoms with Crippen molar-refractivity contribution in [3.8, 4) is 0 Å². The zero-order chi connectivity index (χ0) is 19.7. The highest BCUT2D eigenvalue weighted by Crippen LogP contribution is 2.40. The highest BCUT2D eigenvalue weighted by Gasteiger charge is 2.27. The maximum Gasteiger partial charge on any atom is 0.272 e. The second-order valence-corrected chi connectivity index (χ2v) is 9.51. The van der Waals surface area contributed by atoms with E-state index in [0.717, 1.165) is 57.3 Å². The Morgan fingerprint density at radius 1 is 1.32 bits per heavy atom. The predicted octanol–water partition coefficient (Wildman–Crippen LogP) is 6.52. The van der Waals surface area contributed by atoms with Gasteiger partial charge in [0.15, 0.2) is 0 Å². The number of benzene rings is 1. The fourth-order valence-corrected chi connectivity index (χ4v) is 4.53. The van der Waals surface area contributed by atoms with Crippen molar-refractivity contribution in [3.05, 3.63) is 61.3 Å². The zero-order valence-corrected chi connectivity index (χ0v) is 18.5. The maximum atomic E-state index is 13.0. The van der Waals surface area contributed by atoms with Crippen molar-refractivity contribution in [1.29, 1.82) is 0 Å². The summed E-state index contributed by atoms with van der Waals surface area (Å²) in [5.74, 6) is 0.246. The number of hydrazone groups is 1. The first kappa shape index (κ1) is 19.6. The van der Waals surface area contributed by atoms with Crippen LogP contribution in [-0.4, -0.2) is 16.6 Å². The number of hydrogen-bond acceptors (Lipinski definition) is 4. The van der Waals surface area contributed by atoms with Gasteiger partial charge in [0.2, 0.25) is 0 Å². The number of amides is 1. The lowest BCUT2D eigenvalue weighted by atomic mass is 10.1. The molecule has 144 valence electrons. The number of nitrogens with zero attached hydrogens (tertiary/aromatic N) is 2. The molecule has 2 heterocycles. The summed E-state index contributed by atoms with van der Waals surface area (Å²) in [6, 6.07) is 11.5. The fraction of sp³-hybridized carbons (Fsp3) is 0.286. The number of carbonyl (C=O) groups is 1. The number of halogens is 2. The van der Waals surface area contributed by atoms with Gasteiger partial charge in [0, 0.05) is 21.5 Å². The summed E-state index contributed by atoms with van der Waals surface area (Å²) in [5, 5.41) is 5.25. The largest absolute Gasteiger partial charge is 0.272 e. The van der Waals surface area contributed by atoms with Gasteiger partial charge in [-0.05, 0) is 55.7 Å². The van der Waals surface area contributed by atoms with Crippen LogP contribution < -0.4 is 5.43 Å². The van der Waals surface area contributed by atoms with Gasteiger partial charge in [-0.2, -0.15) is 5.10 Å². The minimum absolute atomic E-state index is 0.219. The van der Waals surface area contributed by atoms with Crippen LogP contribution in [0.25, 0.3) is 10.9 Å². The van der Waals surface area contributed by atoms with Gasteiger partial charge in [-0.15, -0.1) is 11.3 Å². The minimum atomic E-state index is -0.219. The summed E-state index contributed by atoms with van der Waals surface area (Å²) in [5.41, 5.74) is 6.03. The van der Waals surface area contributed by atoms with Crippen LogP contribution in [0.5, 0.6) is 0 Å². The van der Waals surface area contributed by atoms with Gasteiger partial charge in [0.1, 0.15) is 0 Å². The third-order valence-electron chi connectivity index (χ3n) is 4.67. The monoisotopic (exact) mass is 475 g/mol. The lowest BCUT2D eigenvalue weighted by Crippen LogP contribution is -2.20. The highest BCUT2D eigenvalue weighted by atomic mass is 79.9. The molecule has 0 saturated heterocycles. The van der Waals surface area contributed by atoms with Crippen LogP contribution in [0.3, 0.4) is 0 Å². The quantitative estimate of drug-likeness (QED) is 0.325. The molecule has 0 unspecified atom stereocenters. The van der Waals surface area contributed by atoms with E-state index in [4.69, 9.17) is 16.6 Å². The molecule has 1 aromatic carbocycles. The second-order valence-electron chi connectivity index (χ2n) is 6.88. The molecule has 1 N–H and O–H groups in total. The molecular weight excluding hydrogens is 458 g/mol. The Morgan fingerprint density at radius 3 is 2.82 bits per heavy atom. The van der Waals surface area contributed by atoms with Crippen molar-refractivity contribution in [2.75, 3.05) is 0 Å². The Hall–Kier alpha value is -1.76. The molecule has 1 amide bonds. The van der Waals surface area contributed by atoms with Crippen LogP contribution in [-0.2, 0) is 0 Å². The molecule has 0 aliphatic heterocycles. The number of thiophene rings is 1. The van der Waals surface area contributed by atoms with E-state index in [2.05, 4.69) is 33.4 Å². The summed E-state index contributed by atoms with van der Waals surface area (Å²) in [7, 11) is 0. The molecule has 1 saturated carbocycles. The predicted molar refractivity (Wildman–Crippen MR) is 120 cm³/mol. The molecule has 2 aromatic heterocycles. The maximum absolute atomic E-state index is 13.0. The van der Waals surface area contributed by atoms with Crippen LogP contribution in [0.2, 0.25) is 4.34 Å². The molecule has 28 heavy (non-hydrogen) atoms. The van der Waals surface area contributed by atoms with Crippen LogP contribution in [0.15, 0.2) is 46.0 Å². The topological polar surface area (TPSA) is 54.4 Å². The number of rotatable bonds is 6. The molecule has 0 bridgehead atoms. The van der Waals surface area contributed by atoms with Gasteiger partial charge in [-0.25, -0.2) is 5.43 Å². The number of hydrogen-bond donors (Lipinski definition) is 1. The normalized spacial score (nSPS) is 14.5. The van der Waals surface area contributed by atoms with Crippen LogP contribution in [0.1, 0.15) is 59.5 Å². The Kier molecular flexibility index (Phi) is 5.80. The van der Waals surface area contributed by atoms with Gasteiger partial charge in [-0.1, -0.05) is 40.9 Å². The van der Waals surface area contributed by atoms with Gasteiger partial charge >= 0.3 is 0 Å². The number of nitrogens with one attached hydrogen (secondary N) is 1. The van der Waals surface area contributed by atoms with Gasteiger partial charge in [-0.3, -0.25) is 9.78 Å². The highest BCUT2D eigenvalue weighted by molar-refractivity contribution is 9.10. The number of aromatic nitrogens is 1. The summed E-state index contributed by atoms with van der Waals surface area (Å²) in [4.78, 5) is 18.8. The van der Waals surface area contributed by atoms with Gasteiger partial charge in [0.05, 0.1) is 26.0 Å². The van der Waals surface area contributed by atoms with E-state index in [9.17, 15) is 4.79 Å². The second kappa shape index (κ2) is 8.31. The van der Waals surface area contributed by atoms with E-state index in [1.54, 1.807) is 0 Å². The van der Waals surface area contributed by atoms with Crippen molar-refractivity contribution in [2.45, 2.75) is 38.5 Å². The summed E-state index contributed by atoms with van der Waals surface area (Å²) in [6.07, 6.45) is 3.97. The third kappa shape index (κ3) is 4.29. The molecule has 0 atom stereocenters. The first-order valence-corrected chi connectivity index (χ1v) is 11.3. The van der Waals surface area contributed by atoms with Crippen molar-refractivity contribution in [3.63, 3.8) is 0 Å². The van der Waals surface area contributed by atoms with Gasteiger partial charge < -0.3 is 0 Å². The number of carbonyl (C=O) groups excluding carboxylic acids is 1. The molecule has 3 aromatic rings. The molecule has 4 nitrogen and oxygen atoms in total. The lowest BCUT2D eigenvalue weighted by Gasteiger charge is -2.10. The first-order valence-electron chi connectivity index (χ1n) is 9.28. The Labute approximate surface area is 181 Å². The summed E-state index contributed by atoms with van der Waals surface area (Å²) >= 11 is 11.0. The first-order chi connectivity index (χ1) is 13.5. The minimum Gasteiger partial charge on any atom is -0.267 e. The zero-order valence-electron chi connectivity index (χ0n) is 15.3.